The van der Waals surface area contributed by atoms with Gasteiger partial charge in [0.1, 0.15) is 19.8 Å². The van der Waals surface area contributed by atoms with Gasteiger partial charge in [-0.2, -0.15) is 0 Å². The summed E-state index contributed by atoms with van der Waals surface area (Å²) >= 11 is 0. The molecule has 2 unspecified atom stereocenters. The van der Waals surface area contributed by atoms with E-state index in [0.717, 1.165) is 96.3 Å². The van der Waals surface area contributed by atoms with E-state index in [9.17, 15) is 19.0 Å². The lowest BCUT2D eigenvalue weighted by molar-refractivity contribution is -0.870. The second-order valence-corrected chi connectivity index (χ2v) is 23.1. The zero-order chi connectivity index (χ0) is 55.6. The van der Waals surface area contributed by atoms with Crippen LogP contribution in [0.4, 0.5) is 0 Å². The summed E-state index contributed by atoms with van der Waals surface area (Å²) in [7, 11) is 1.15. The fraction of sp³-hybridized carbons (Fsp3) is 0.727. The predicted molar refractivity (Wildman–Crippen MR) is 323 cm³/mol. The standard InChI is InChI=1S/C66H116NO8P/c1-6-8-10-12-14-16-18-20-22-24-26-28-30-32-33-35-37-39-41-43-45-47-49-51-53-55-57-59-66(69)75-64(63-74-76(70,71)73-61-60-67(3,4)5)62-72-65(68)58-56-54-52-50-48-46-44-42-40-38-36-34-31-29-27-25-23-21-19-17-15-13-11-9-7-2/h8,10,14,16,19-22,25-28,31-34,64H,6-7,9,11-13,15,17-18,23-24,29-30,35-63H2,1-5H3/b10-8-,16-14-,21-19-,22-20-,27-25-,28-26-,33-32-,34-31-. The van der Waals surface area contributed by atoms with Crippen molar-refractivity contribution in [3.63, 3.8) is 0 Å². The SMILES string of the molecule is CC/C=C\C/C=C\C/C=C\C/C=C\C/C=C\CCCCCCCCCCCCCC(=O)OC(COC(=O)CCCCCCCCCCCC/C=C\C/C=C\C/C=C\CCCCCCC)COP(=O)([O-])OCC[N+](C)(C)C. The van der Waals surface area contributed by atoms with Crippen LogP contribution in [-0.2, 0) is 32.7 Å². The van der Waals surface area contributed by atoms with Crippen LogP contribution in [0, 0.1) is 0 Å². The van der Waals surface area contributed by atoms with Gasteiger partial charge >= 0.3 is 11.9 Å². The van der Waals surface area contributed by atoms with Crippen LogP contribution in [0.1, 0.15) is 258 Å². The van der Waals surface area contributed by atoms with Crippen molar-refractivity contribution in [2.45, 2.75) is 264 Å². The van der Waals surface area contributed by atoms with Crippen LogP contribution in [0.3, 0.4) is 0 Å². The minimum absolute atomic E-state index is 0.0362. The summed E-state index contributed by atoms with van der Waals surface area (Å²) in [6.07, 6.45) is 77.4. The highest BCUT2D eigenvalue weighted by Gasteiger charge is 2.22. The molecule has 2 atom stereocenters. The molecule has 0 radical (unpaired) electrons. The Morgan fingerprint density at radius 3 is 1.12 bits per heavy atom. The maximum Gasteiger partial charge on any atom is 0.306 e. The Hall–Kier alpha value is -3.07. The quantitative estimate of drug-likeness (QED) is 0.0195. The number of phosphoric acid groups is 1. The molecule has 0 spiro atoms. The second-order valence-electron chi connectivity index (χ2n) is 21.7. The van der Waals surface area contributed by atoms with Crippen molar-refractivity contribution in [1.82, 2.24) is 0 Å². The summed E-state index contributed by atoms with van der Waals surface area (Å²) in [5.74, 6) is -0.841. The van der Waals surface area contributed by atoms with Crippen LogP contribution in [0.5, 0.6) is 0 Å². The number of hydrogen-bond acceptors (Lipinski definition) is 8. The molecule has 9 nitrogen and oxygen atoms in total. The van der Waals surface area contributed by atoms with Crippen molar-refractivity contribution in [1.29, 1.82) is 0 Å². The normalized spacial score (nSPS) is 13.9. The summed E-state index contributed by atoms with van der Waals surface area (Å²) in [5.41, 5.74) is 0. The second kappa shape index (κ2) is 56.6. The number of carbonyl (C=O) groups excluding carboxylic acids is 2. The number of ether oxygens (including phenoxy) is 2. The van der Waals surface area contributed by atoms with Crippen molar-refractivity contribution in [3.05, 3.63) is 97.2 Å². The highest BCUT2D eigenvalue weighted by atomic mass is 31.2. The third kappa shape index (κ3) is 60.2. The molecule has 0 aromatic rings. The maximum absolute atomic E-state index is 12.8. The highest BCUT2D eigenvalue weighted by Crippen LogP contribution is 2.38. The summed E-state index contributed by atoms with van der Waals surface area (Å²) in [6.45, 7) is 4.12. The fourth-order valence-electron chi connectivity index (χ4n) is 8.34. The molecule has 0 aromatic carbocycles. The molecule has 0 N–H and O–H groups in total. The Balaban J connectivity index is 4.16. The summed E-state index contributed by atoms with van der Waals surface area (Å²) in [6, 6.07) is 0. The first-order valence-corrected chi connectivity index (χ1v) is 32.4. The molecule has 0 aliphatic carbocycles. The topological polar surface area (TPSA) is 111 Å². The minimum atomic E-state index is -4.65. The number of rotatable bonds is 56. The van der Waals surface area contributed by atoms with E-state index in [4.69, 9.17) is 18.5 Å². The Kier molecular flexibility index (Phi) is 54.4. The largest absolute Gasteiger partial charge is 0.756 e. The molecular weight excluding hydrogens is 966 g/mol. The van der Waals surface area contributed by atoms with E-state index >= 15 is 0 Å². The number of hydrogen-bond donors (Lipinski definition) is 0. The van der Waals surface area contributed by atoms with E-state index in [1.165, 1.54) is 128 Å². The first-order chi connectivity index (χ1) is 37.0. The third-order valence-corrected chi connectivity index (χ3v) is 14.1. The average Bonchev–Trinajstić information content (AvgIpc) is 3.38. The number of phosphoric ester groups is 1. The number of quaternary nitrogens is 1. The van der Waals surface area contributed by atoms with E-state index in [0.29, 0.717) is 17.4 Å². The van der Waals surface area contributed by atoms with Gasteiger partial charge in [0.15, 0.2) is 6.10 Å². The molecule has 0 aromatic heterocycles. The molecule has 0 heterocycles. The average molecular weight is 1080 g/mol. The van der Waals surface area contributed by atoms with Gasteiger partial charge in [-0.3, -0.25) is 14.2 Å². The van der Waals surface area contributed by atoms with E-state index in [1.807, 2.05) is 21.1 Å². The van der Waals surface area contributed by atoms with Crippen LogP contribution >= 0.6 is 7.82 Å². The van der Waals surface area contributed by atoms with E-state index in [-0.39, 0.29) is 32.0 Å². The highest BCUT2D eigenvalue weighted by molar-refractivity contribution is 7.45. The lowest BCUT2D eigenvalue weighted by Gasteiger charge is -2.28. The van der Waals surface area contributed by atoms with Crippen LogP contribution < -0.4 is 4.89 Å². The van der Waals surface area contributed by atoms with Crippen LogP contribution in [0.2, 0.25) is 0 Å². The number of esters is 2. The fourth-order valence-corrected chi connectivity index (χ4v) is 9.07. The number of likely N-dealkylation sites (N-methyl/N-ethyl adjacent to an activating group) is 1. The first-order valence-electron chi connectivity index (χ1n) is 30.9. The lowest BCUT2D eigenvalue weighted by atomic mass is 10.0. The minimum Gasteiger partial charge on any atom is -0.756 e. The Morgan fingerprint density at radius 1 is 0.421 bits per heavy atom. The molecule has 0 saturated carbocycles. The predicted octanol–water partition coefficient (Wildman–Crippen LogP) is 19.0. The Labute approximate surface area is 468 Å². The number of allylic oxidation sites excluding steroid dienone is 16. The summed E-state index contributed by atoms with van der Waals surface area (Å²) in [4.78, 5) is 38.0. The summed E-state index contributed by atoms with van der Waals surface area (Å²) < 4.78 is 34.2. The first kappa shape index (κ1) is 72.9. The van der Waals surface area contributed by atoms with Gasteiger partial charge in [-0.05, 0) is 96.3 Å². The molecule has 76 heavy (non-hydrogen) atoms. The third-order valence-electron chi connectivity index (χ3n) is 13.1. The van der Waals surface area contributed by atoms with Crippen molar-refractivity contribution in [2.75, 3.05) is 47.5 Å². The van der Waals surface area contributed by atoms with Gasteiger partial charge < -0.3 is 27.9 Å². The van der Waals surface area contributed by atoms with Gasteiger partial charge in [-0.25, -0.2) is 0 Å². The molecule has 0 bridgehead atoms. The van der Waals surface area contributed by atoms with E-state index in [1.54, 1.807) is 0 Å². The molecule has 0 saturated heterocycles. The van der Waals surface area contributed by atoms with Gasteiger partial charge in [-0.1, -0.05) is 246 Å². The Morgan fingerprint density at radius 2 is 0.750 bits per heavy atom. The van der Waals surface area contributed by atoms with Crippen LogP contribution in [0.15, 0.2) is 97.2 Å². The van der Waals surface area contributed by atoms with Gasteiger partial charge in [0.25, 0.3) is 7.82 Å². The molecule has 10 heteroatoms. The number of nitrogens with zero attached hydrogens (tertiary/aromatic N) is 1. The van der Waals surface area contributed by atoms with Gasteiger partial charge in [0, 0.05) is 12.8 Å². The van der Waals surface area contributed by atoms with Crippen molar-refractivity contribution in [3.8, 4) is 0 Å². The monoisotopic (exact) mass is 1080 g/mol. The molecule has 0 fully saturated rings. The van der Waals surface area contributed by atoms with Crippen molar-refractivity contribution < 1.29 is 42.1 Å². The molecule has 0 aliphatic heterocycles. The molecule has 0 aliphatic rings. The van der Waals surface area contributed by atoms with Gasteiger partial charge in [0.2, 0.25) is 0 Å². The van der Waals surface area contributed by atoms with Crippen molar-refractivity contribution in [2.24, 2.45) is 0 Å². The molecular formula is C66H116NO8P. The van der Waals surface area contributed by atoms with Crippen LogP contribution in [0.25, 0.3) is 0 Å². The van der Waals surface area contributed by atoms with Crippen molar-refractivity contribution >= 4 is 19.8 Å². The molecule has 0 rings (SSSR count). The summed E-state index contributed by atoms with van der Waals surface area (Å²) in [5, 5.41) is 0. The number of carbonyl (C=O) groups is 2. The number of unbranched alkanes of at least 4 members (excludes halogenated alkanes) is 26. The smallest absolute Gasteiger partial charge is 0.306 e. The van der Waals surface area contributed by atoms with E-state index < -0.39 is 26.5 Å². The van der Waals surface area contributed by atoms with Crippen LogP contribution in [-0.4, -0.2) is 70.0 Å². The molecule has 0 amide bonds. The van der Waals surface area contributed by atoms with Gasteiger partial charge in [0.05, 0.1) is 27.7 Å². The zero-order valence-electron chi connectivity index (χ0n) is 49.7. The maximum atomic E-state index is 12.8. The van der Waals surface area contributed by atoms with Gasteiger partial charge in [-0.15, -0.1) is 0 Å². The molecule has 438 valence electrons. The Bertz CT molecular complexity index is 1600. The van der Waals surface area contributed by atoms with E-state index in [2.05, 4.69) is 111 Å². The zero-order valence-corrected chi connectivity index (χ0v) is 50.6. The lowest BCUT2D eigenvalue weighted by Crippen LogP contribution is -2.37.